The van der Waals surface area contributed by atoms with Gasteiger partial charge in [0.1, 0.15) is 5.54 Å². The van der Waals surface area contributed by atoms with E-state index in [2.05, 4.69) is 11.4 Å². The van der Waals surface area contributed by atoms with E-state index in [4.69, 9.17) is 11.6 Å². The minimum Gasteiger partial charge on any atom is -0.334 e. The molecular formula is C14H17ClN2O. The van der Waals surface area contributed by atoms with E-state index in [1.165, 1.54) is 0 Å². The molecular weight excluding hydrogens is 248 g/mol. The van der Waals surface area contributed by atoms with Gasteiger partial charge >= 0.3 is 0 Å². The Balaban J connectivity index is 2.87. The van der Waals surface area contributed by atoms with Crippen molar-refractivity contribution in [1.82, 2.24) is 5.32 Å². The molecule has 0 spiro atoms. The zero-order valence-corrected chi connectivity index (χ0v) is 11.6. The van der Waals surface area contributed by atoms with Gasteiger partial charge in [-0.1, -0.05) is 37.6 Å². The van der Waals surface area contributed by atoms with Gasteiger partial charge in [0.25, 0.3) is 5.91 Å². The summed E-state index contributed by atoms with van der Waals surface area (Å²) in [5, 5.41) is 12.3. The highest BCUT2D eigenvalue weighted by molar-refractivity contribution is 6.33. The number of carbonyl (C=O) groups excluding carboxylic acids is 1. The Morgan fingerprint density at radius 3 is 2.61 bits per heavy atom. The summed E-state index contributed by atoms with van der Waals surface area (Å²) in [5.41, 5.74) is -0.478. The molecule has 1 rings (SSSR count). The lowest BCUT2D eigenvalue weighted by Crippen LogP contribution is -2.45. The normalized spacial score (nSPS) is 13.8. The van der Waals surface area contributed by atoms with Crippen LogP contribution in [0.2, 0.25) is 5.02 Å². The van der Waals surface area contributed by atoms with E-state index in [1.807, 2.05) is 13.8 Å². The third-order valence-corrected chi connectivity index (χ3v) is 2.90. The topological polar surface area (TPSA) is 52.9 Å². The molecule has 0 bridgehead atoms. The van der Waals surface area contributed by atoms with Gasteiger partial charge < -0.3 is 5.32 Å². The predicted molar refractivity (Wildman–Crippen MR) is 72.4 cm³/mol. The molecule has 0 aliphatic carbocycles. The molecule has 0 aliphatic heterocycles. The van der Waals surface area contributed by atoms with Crippen molar-refractivity contribution in [3.05, 3.63) is 34.9 Å². The van der Waals surface area contributed by atoms with Crippen LogP contribution in [0, 0.1) is 17.2 Å². The van der Waals surface area contributed by atoms with Gasteiger partial charge in [-0.05, 0) is 31.4 Å². The van der Waals surface area contributed by atoms with Crippen LogP contribution in [0.3, 0.4) is 0 Å². The third-order valence-electron chi connectivity index (χ3n) is 2.57. The number of benzene rings is 1. The maximum atomic E-state index is 12.1. The highest BCUT2D eigenvalue weighted by Gasteiger charge is 2.28. The molecule has 0 aromatic heterocycles. The molecule has 18 heavy (non-hydrogen) atoms. The van der Waals surface area contributed by atoms with E-state index in [1.54, 1.807) is 31.2 Å². The van der Waals surface area contributed by atoms with Gasteiger partial charge in [-0.2, -0.15) is 5.26 Å². The Kier molecular flexibility index (Phi) is 4.75. The van der Waals surface area contributed by atoms with Gasteiger partial charge in [0.15, 0.2) is 0 Å². The zero-order chi connectivity index (χ0) is 13.8. The van der Waals surface area contributed by atoms with Crippen LogP contribution in [0.1, 0.15) is 37.6 Å². The number of rotatable bonds is 4. The van der Waals surface area contributed by atoms with E-state index in [0.29, 0.717) is 22.9 Å². The first-order valence-electron chi connectivity index (χ1n) is 5.86. The molecule has 1 atom stereocenters. The average molecular weight is 265 g/mol. The summed E-state index contributed by atoms with van der Waals surface area (Å²) in [4.78, 5) is 12.1. The van der Waals surface area contributed by atoms with Crippen LogP contribution in [0.5, 0.6) is 0 Å². The number of nitrogens with zero attached hydrogens (tertiary/aromatic N) is 1. The Morgan fingerprint density at radius 2 is 2.11 bits per heavy atom. The van der Waals surface area contributed by atoms with Crippen LogP contribution in [0.25, 0.3) is 0 Å². The van der Waals surface area contributed by atoms with Crippen molar-refractivity contribution in [3.63, 3.8) is 0 Å². The Hall–Kier alpha value is -1.53. The van der Waals surface area contributed by atoms with Crippen molar-refractivity contribution >= 4 is 17.5 Å². The largest absolute Gasteiger partial charge is 0.334 e. The fourth-order valence-corrected chi connectivity index (χ4v) is 2.13. The average Bonchev–Trinajstić information content (AvgIpc) is 2.28. The number of hydrogen-bond acceptors (Lipinski definition) is 2. The lowest BCUT2D eigenvalue weighted by Gasteiger charge is -2.25. The maximum absolute atomic E-state index is 12.1. The van der Waals surface area contributed by atoms with Crippen molar-refractivity contribution in [2.24, 2.45) is 5.92 Å². The molecule has 0 saturated carbocycles. The van der Waals surface area contributed by atoms with Crippen molar-refractivity contribution in [3.8, 4) is 6.07 Å². The minimum absolute atomic E-state index is 0.315. The standard InChI is InChI=1S/C14H17ClN2O/c1-10(2)8-14(3,9-16)17-13(18)11-6-4-5-7-12(11)15/h4-7,10H,8H2,1-3H3,(H,17,18). The molecule has 3 nitrogen and oxygen atoms in total. The fraction of sp³-hybridized carbons (Fsp3) is 0.429. The first-order valence-corrected chi connectivity index (χ1v) is 6.24. The van der Waals surface area contributed by atoms with Gasteiger partial charge in [0, 0.05) is 0 Å². The van der Waals surface area contributed by atoms with Crippen LogP contribution in [-0.2, 0) is 0 Å². The molecule has 0 radical (unpaired) electrons. The van der Waals surface area contributed by atoms with Gasteiger partial charge in [-0.3, -0.25) is 4.79 Å². The summed E-state index contributed by atoms with van der Waals surface area (Å²) in [6, 6.07) is 8.96. The number of nitriles is 1. The number of halogens is 1. The number of carbonyl (C=O) groups is 1. The first-order chi connectivity index (χ1) is 8.38. The number of hydrogen-bond donors (Lipinski definition) is 1. The monoisotopic (exact) mass is 264 g/mol. The Bertz CT molecular complexity index is 479. The Labute approximate surface area is 113 Å². The molecule has 0 fully saturated rings. The van der Waals surface area contributed by atoms with E-state index in [0.717, 1.165) is 0 Å². The summed E-state index contributed by atoms with van der Waals surface area (Å²) < 4.78 is 0. The minimum atomic E-state index is -0.871. The van der Waals surface area contributed by atoms with Crippen LogP contribution >= 0.6 is 11.6 Å². The predicted octanol–water partition coefficient (Wildman–Crippen LogP) is 3.40. The SMILES string of the molecule is CC(C)CC(C)(C#N)NC(=O)c1ccccc1Cl. The molecule has 1 N–H and O–H groups in total. The van der Waals surface area contributed by atoms with E-state index < -0.39 is 5.54 Å². The lowest BCUT2D eigenvalue weighted by atomic mass is 9.92. The summed E-state index contributed by atoms with van der Waals surface area (Å²) in [7, 11) is 0. The second kappa shape index (κ2) is 5.88. The highest BCUT2D eigenvalue weighted by Crippen LogP contribution is 2.19. The molecule has 1 aromatic rings. The smallest absolute Gasteiger partial charge is 0.254 e. The second-order valence-electron chi connectivity index (χ2n) is 4.98. The molecule has 4 heteroatoms. The van der Waals surface area contributed by atoms with Crippen LogP contribution in [0.15, 0.2) is 24.3 Å². The van der Waals surface area contributed by atoms with Gasteiger partial charge in [-0.25, -0.2) is 0 Å². The first kappa shape index (κ1) is 14.5. The van der Waals surface area contributed by atoms with Crippen molar-refractivity contribution in [2.45, 2.75) is 32.7 Å². The highest BCUT2D eigenvalue weighted by atomic mass is 35.5. The Morgan fingerprint density at radius 1 is 1.50 bits per heavy atom. The molecule has 1 amide bonds. The van der Waals surface area contributed by atoms with Crippen molar-refractivity contribution in [1.29, 1.82) is 5.26 Å². The third kappa shape index (κ3) is 3.75. The summed E-state index contributed by atoms with van der Waals surface area (Å²) in [6.07, 6.45) is 0.597. The molecule has 96 valence electrons. The summed E-state index contributed by atoms with van der Waals surface area (Å²) >= 11 is 5.95. The van der Waals surface area contributed by atoms with Crippen LogP contribution in [-0.4, -0.2) is 11.4 Å². The fourth-order valence-electron chi connectivity index (χ4n) is 1.90. The van der Waals surface area contributed by atoms with E-state index in [9.17, 15) is 10.1 Å². The molecule has 0 saturated heterocycles. The number of nitrogens with one attached hydrogen (secondary N) is 1. The summed E-state index contributed by atoms with van der Waals surface area (Å²) in [5.74, 6) is 0.00601. The van der Waals surface area contributed by atoms with Crippen molar-refractivity contribution < 1.29 is 4.79 Å². The van der Waals surface area contributed by atoms with Crippen molar-refractivity contribution in [2.75, 3.05) is 0 Å². The molecule has 0 heterocycles. The van der Waals surface area contributed by atoms with Gasteiger partial charge in [0.2, 0.25) is 0 Å². The molecule has 1 unspecified atom stereocenters. The van der Waals surface area contributed by atoms with E-state index in [-0.39, 0.29) is 5.91 Å². The summed E-state index contributed by atoms with van der Waals surface area (Å²) in [6.45, 7) is 5.75. The maximum Gasteiger partial charge on any atom is 0.254 e. The lowest BCUT2D eigenvalue weighted by molar-refractivity contribution is 0.0917. The second-order valence-corrected chi connectivity index (χ2v) is 5.38. The van der Waals surface area contributed by atoms with E-state index >= 15 is 0 Å². The quantitative estimate of drug-likeness (QED) is 0.906. The van der Waals surface area contributed by atoms with Gasteiger partial charge in [-0.15, -0.1) is 0 Å². The van der Waals surface area contributed by atoms with Gasteiger partial charge in [0.05, 0.1) is 16.7 Å². The number of amides is 1. The van der Waals surface area contributed by atoms with Crippen LogP contribution in [0.4, 0.5) is 0 Å². The van der Waals surface area contributed by atoms with Crippen LogP contribution < -0.4 is 5.32 Å². The molecule has 1 aromatic carbocycles. The molecule has 0 aliphatic rings. The zero-order valence-electron chi connectivity index (χ0n) is 10.8.